The smallest absolute Gasteiger partial charge is 0.0616 e. The highest BCUT2D eigenvalue weighted by Gasteiger charge is 2.56. The second-order valence-electron chi connectivity index (χ2n) is 11.3. The highest BCUT2D eigenvalue weighted by molar-refractivity contribution is 5.11. The van der Waals surface area contributed by atoms with Crippen molar-refractivity contribution in [1.82, 2.24) is 9.36 Å². The second kappa shape index (κ2) is 4.18. The van der Waals surface area contributed by atoms with E-state index in [4.69, 9.17) is 0 Å². The van der Waals surface area contributed by atoms with Gasteiger partial charge in [-0.1, -0.05) is 0 Å². The van der Waals surface area contributed by atoms with Crippen LogP contribution in [0.15, 0.2) is 12.4 Å². The Bertz CT molecular complexity index is 549. The lowest BCUT2D eigenvalue weighted by Gasteiger charge is -2.63. The first-order valence-electron chi connectivity index (χ1n) is 11.0. The van der Waals surface area contributed by atoms with Gasteiger partial charge in [0.2, 0.25) is 0 Å². The summed E-state index contributed by atoms with van der Waals surface area (Å²) in [6.45, 7) is 0. The van der Waals surface area contributed by atoms with Gasteiger partial charge in [-0.2, -0.15) is 0 Å². The van der Waals surface area contributed by atoms with Crippen molar-refractivity contribution in [3.63, 3.8) is 0 Å². The molecular formula is C22H32N2. The molecule has 8 bridgehead atoms. The summed E-state index contributed by atoms with van der Waals surface area (Å²) in [4.78, 5) is 0. The summed E-state index contributed by atoms with van der Waals surface area (Å²) < 4.78 is 5.68. The van der Waals surface area contributed by atoms with Crippen molar-refractivity contribution in [3.05, 3.63) is 12.4 Å². The van der Waals surface area contributed by atoms with Gasteiger partial charge in [0.25, 0.3) is 0 Å². The summed E-state index contributed by atoms with van der Waals surface area (Å²) >= 11 is 0. The average Bonchev–Trinajstić information content (AvgIpc) is 2.41. The zero-order chi connectivity index (χ0) is 15.5. The molecule has 0 N–H and O–H groups in total. The molecule has 1 heterocycles. The van der Waals surface area contributed by atoms with Gasteiger partial charge >= 0.3 is 0 Å². The third-order valence-corrected chi connectivity index (χ3v) is 9.57. The van der Waals surface area contributed by atoms with Crippen LogP contribution in [0.2, 0.25) is 0 Å². The summed E-state index contributed by atoms with van der Waals surface area (Å²) in [5.41, 5.74) is 1.07. The van der Waals surface area contributed by atoms with Gasteiger partial charge in [0, 0.05) is 12.4 Å². The molecule has 2 nitrogen and oxygen atoms in total. The maximum atomic E-state index is 2.84. The fourth-order valence-corrected chi connectivity index (χ4v) is 9.66. The van der Waals surface area contributed by atoms with E-state index < -0.39 is 0 Å². The van der Waals surface area contributed by atoms with Crippen molar-refractivity contribution in [2.24, 2.45) is 35.5 Å². The fraction of sp³-hybridized carbons (Fsp3) is 0.909. The molecule has 0 atom stereocenters. The summed E-state index contributed by atoms with van der Waals surface area (Å²) in [5, 5.41) is 0. The van der Waals surface area contributed by atoms with Gasteiger partial charge in [-0.3, -0.25) is 9.36 Å². The van der Waals surface area contributed by atoms with Gasteiger partial charge in [0.1, 0.15) is 0 Å². The lowest BCUT2D eigenvalue weighted by Crippen LogP contribution is -2.60. The molecule has 0 amide bonds. The Morgan fingerprint density at radius 2 is 0.708 bits per heavy atom. The van der Waals surface area contributed by atoms with Gasteiger partial charge in [-0.25, -0.2) is 0 Å². The third-order valence-electron chi connectivity index (χ3n) is 9.57. The van der Waals surface area contributed by atoms with Crippen LogP contribution in [-0.2, 0) is 11.1 Å². The lowest BCUT2D eigenvalue weighted by atomic mass is 9.52. The molecule has 8 saturated carbocycles. The minimum absolute atomic E-state index is 0.535. The van der Waals surface area contributed by atoms with E-state index in [-0.39, 0.29) is 0 Å². The predicted octanol–water partition coefficient (Wildman–Crippen LogP) is 5.14. The van der Waals surface area contributed by atoms with Crippen molar-refractivity contribution in [1.29, 1.82) is 0 Å². The van der Waals surface area contributed by atoms with E-state index in [9.17, 15) is 0 Å². The Morgan fingerprint density at radius 1 is 0.458 bits per heavy atom. The summed E-state index contributed by atoms with van der Waals surface area (Å²) in [6.07, 6.45) is 23.4. The zero-order valence-electron chi connectivity index (χ0n) is 15.0. The Hall–Kier alpha value is -0.660. The van der Waals surface area contributed by atoms with Crippen LogP contribution in [0.1, 0.15) is 77.0 Å². The van der Waals surface area contributed by atoms with Gasteiger partial charge in [0.05, 0.1) is 11.1 Å². The quantitative estimate of drug-likeness (QED) is 0.713. The topological polar surface area (TPSA) is 9.86 Å². The van der Waals surface area contributed by atoms with Crippen LogP contribution < -0.4 is 0 Å². The molecule has 24 heavy (non-hydrogen) atoms. The monoisotopic (exact) mass is 324 g/mol. The molecular weight excluding hydrogens is 292 g/mol. The predicted molar refractivity (Wildman–Crippen MR) is 94.7 cm³/mol. The van der Waals surface area contributed by atoms with Gasteiger partial charge < -0.3 is 0 Å². The van der Waals surface area contributed by atoms with Crippen LogP contribution >= 0.6 is 0 Å². The van der Waals surface area contributed by atoms with Crippen LogP contribution in [0, 0.1) is 35.5 Å². The first-order chi connectivity index (χ1) is 11.7. The molecule has 0 aromatic carbocycles. The van der Waals surface area contributed by atoms with Crippen LogP contribution in [0.5, 0.6) is 0 Å². The maximum absolute atomic E-state index is 2.84. The van der Waals surface area contributed by atoms with E-state index in [0.717, 1.165) is 35.5 Å². The van der Waals surface area contributed by atoms with E-state index in [1.54, 1.807) is 38.5 Å². The van der Waals surface area contributed by atoms with E-state index in [1.165, 1.54) is 38.5 Å². The van der Waals surface area contributed by atoms with Crippen molar-refractivity contribution in [2.75, 3.05) is 0 Å². The van der Waals surface area contributed by atoms with E-state index in [0.29, 0.717) is 11.1 Å². The van der Waals surface area contributed by atoms with E-state index in [2.05, 4.69) is 21.8 Å². The lowest BCUT2D eigenvalue weighted by molar-refractivity contribution is -0.101. The molecule has 0 saturated heterocycles. The minimum Gasteiger partial charge on any atom is -0.285 e. The highest BCUT2D eigenvalue weighted by Crippen LogP contribution is 2.62. The largest absolute Gasteiger partial charge is 0.285 e. The van der Waals surface area contributed by atoms with Crippen molar-refractivity contribution < 1.29 is 0 Å². The van der Waals surface area contributed by atoms with Crippen molar-refractivity contribution >= 4 is 0 Å². The van der Waals surface area contributed by atoms with E-state index in [1.807, 2.05) is 0 Å². The Morgan fingerprint density at radius 3 is 0.917 bits per heavy atom. The van der Waals surface area contributed by atoms with Crippen molar-refractivity contribution in [3.8, 4) is 0 Å². The number of hydrogen-bond acceptors (Lipinski definition) is 0. The first-order valence-corrected chi connectivity index (χ1v) is 11.0. The van der Waals surface area contributed by atoms with Crippen LogP contribution in [0.25, 0.3) is 0 Å². The SMILES string of the molecule is c1cn(C23CC4CC(CC(C4)C2)C3)n1C12CC3CC(CC(C3)C1)C2. The van der Waals surface area contributed by atoms with E-state index >= 15 is 0 Å². The second-order valence-corrected chi connectivity index (χ2v) is 11.3. The average molecular weight is 325 g/mol. The molecule has 9 rings (SSSR count). The molecule has 0 unspecified atom stereocenters. The molecule has 130 valence electrons. The summed E-state index contributed by atoms with van der Waals surface area (Å²) in [7, 11) is 0. The summed E-state index contributed by atoms with van der Waals surface area (Å²) in [6, 6.07) is 0. The Balaban J connectivity index is 1.29. The molecule has 8 aliphatic rings. The number of aromatic nitrogens is 2. The molecule has 2 heteroatoms. The summed E-state index contributed by atoms with van der Waals surface area (Å²) in [5.74, 6) is 6.35. The van der Waals surface area contributed by atoms with Crippen LogP contribution in [0.3, 0.4) is 0 Å². The molecule has 8 aliphatic carbocycles. The first kappa shape index (κ1) is 13.5. The normalized spacial score (nSPS) is 57.2. The van der Waals surface area contributed by atoms with Crippen LogP contribution in [0.4, 0.5) is 0 Å². The number of rotatable bonds is 2. The molecule has 0 aliphatic heterocycles. The zero-order valence-corrected chi connectivity index (χ0v) is 15.0. The van der Waals surface area contributed by atoms with Crippen molar-refractivity contribution in [2.45, 2.75) is 88.1 Å². The van der Waals surface area contributed by atoms with Gasteiger partial charge in [0.15, 0.2) is 0 Å². The molecule has 0 radical (unpaired) electrons. The highest BCUT2D eigenvalue weighted by atomic mass is 15.5. The third kappa shape index (κ3) is 1.60. The van der Waals surface area contributed by atoms with Crippen LogP contribution in [-0.4, -0.2) is 9.36 Å². The maximum Gasteiger partial charge on any atom is 0.0616 e. The molecule has 0 spiro atoms. The number of hydrogen-bond donors (Lipinski definition) is 0. The van der Waals surface area contributed by atoms with Gasteiger partial charge in [-0.05, 0) is 113 Å². The fourth-order valence-electron chi connectivity index (χ4n) is 9.66. The standard InChI is InChI=1S/C22H32N2/c1-2-24(22-12-18-6-19(13-22)8-20(7-18)14-22)23(1)21-9-15-3-16(10-21)5-17(4-15)11-21/h1-2,15-20H,3-14H2. The minimum atomic E-state index is 0.535. The number of nitrogens with zero attached hydrogens (tertiary/aromatic N) is 2. The van der Waals surface area contributed by atoms with Gasteiger partial charge in [-0.15, -0.1) is 0 Å². The Kier molecular flexibility index (Phi) is 2.36. The molecule has 1 aromatic heterocycles. The Labute approximate surface area is 146 Å². The molecule has 8 fully saturated rings. The molecule has 1 aromatic rings.